The lowest BCUT2D eigenvalue weighted by Crippen LogP contribution is -2.44. The molecular formula is C22H36IN5O2. The van der Waals surface area contributed by atoms with Gasteiger partial charge in [0.2, 0.25) is 0 Å². The Hall–Kier alpha value is -1.65. The summed E-state index contributed by atoms with van der Waals surface area (Å²) in [6.45, 7) is 12.1. The first kappa shape index (κ1) is 26.4. The Morgan fingerprint density at radius 1 is 1.20 bits per heavy atom. The Bertz CT molecular complexity index is 812. The van der Waals surface area contributed by atoms with E-state index in [4.69, 9.17) is 4.74 Å². The molecule has 0 radical (unpaired) electrons. The molecule has 1 heterocycles. The van der Waals surface area contributed by atoms with Gasteiger partial charge in [0.1, 0.15) is 5.60 Å². The van der Waals surface area contributed by atoms with E-state index in [0.717, 1.165) is 23.2 Å². The van der Waals surface area contributed by atoms with Crippen LogP contribution in [0.1, 0.15) is 51.3 Å². The van der Waals surface area contributed by atoms with Crippen molar-refractivity contribution in [2.75, 3.05) is 13.1 Å². The molecule has 1 aromatic carbocycles. The summed E-state index contributed by atoms with van der Waals surface area (Å²) < 4.78 is 7.54. The first-order valence-corrected chi connectivity index (χ1v) is 10.0. The summed E-state index contributed by atoms with van der Waals surface area (Å²) in [4.78, 5) is 4.66. The number of aliphatic hydroxyl groups is 1. The van der Waals surface area contributed by atoms with E-state index in [1.165, 1.54) is 0 Å². The van der Waals surface area contributed by atoms with Crippen molar-refractivity contribution in [3.05, 3.63) is 53.3 Å². The number of guanidine groups is 1. The highest BCUT2D eigenvalue weighted by Gasteiger charge is 2.25. The molecule has 1 atom stereocenters. The molecule has 7 nitrogen and oxygen atoms in total. The molecule has 0 amide bonds. The van der Waals surface area contributed by atoms with Crippen molar-refractivity contribution in [3.63, 3.8) is 0 Å². The van der Waals surface area contributed by atoms with Crippen molar-refractivity contribution in [1.29, 1.82) is 0 Å². The molecule has 0 saturated carbocycles. The van der Waals surface area contributed by atoms with Crippen molar-refractivity contribution in [1.82, 2.24) is 20.4 Å². The van der Waals surface area contributed by atoms with Gasteiger partial charge in [-0.05, 0) is 45.7 Å². The number of aryl methyl sites for hydroxylation is 1. The number of nitrogens with one attached hydrogen (secondary N) is 2. The van der Waals surface area contributed by atoms with Crippen molar-refractivity contribution in [2.24, 2.45) is 12.0 Å². The molecular weight excluding hydrogens is 493 g/mol. The summed E-state index contributed by atoms with van der Waals surface area (Å²) in [5, 5.41) is 21.3. The van der Waals surface area contributed by atoms with E-state index >= 15 is 0 Å². The topological polar surface area (TPSA) is 83.7 Å². The van der Waals surface area contributed by atoms with Gasteiger partial charge in [0.25, 0.3) is 0 Å². The number of rotatable bonds is 8. The second-order valence-corrected chi connectivity index (χ2v) is 8.45. The molecule has 8 heteroatoms. The summed E-state index contributed by atoms with van der Waals surface area (Å²) in [7, 11) is 1.83. The van der Waals surface area contributed by atoms with Gasteiger partial charge in [-0.15, -0.1) is 24.0 Å². The minimum atomic E-state index is -1.05. The van der Waals surface area contributed by atoms with Gasteiger partial charge in [0, 0.05) is 25.4 Å². The molecule has 0 bridgehead atoms. The van der Waals surface area contributed by atoms with Gasteiger partial charge in [-0.2, -0.15) is 5.10 Å². The van der Waals surface area contributed by atoms with Gasteiger partial charge in [-0.1, -0.05) is 24.3 Å². The molecule has 0 aliphatic rings. The molecule has 3 N–H and O–H groups in total. The minimum absolute atomic E-state index is 0. The number of nitrogens with zero attached hydrogens (tertiary/aromatic N) is 3. The molecule has 0 fully saturated rings. The van der Waals surface area contributed by atoms with Gasteiger partial charge in [0.15, 0.2) is 5.96 Å². The highest BCUT2D eigenvalue weighted by atomic mass is 127. The summed E-state index contributed by atoms with van der Waals surface area (Å²) in [5.41, 5.74) is 1.78. The van der Waals surface area contributed by atoms with Crippen LogP contribution in [0, 0.1) is 0 Å². The standard InChI is InChI=1S/C22H35N5O2.HI/c1-7-23-20(25-16-22(5,28)19-13-26-27(6)14-19)24-12-17-9-8-10-18(11-17)15-29-21(2,3)4;/h8-11,13-14,28H,7,12,15-16H2,1-6H3,(H2,23,24,25);1H. The van der Waals surface area contributed by atoms with Crippen LogP contribution in [0.3, 0.4) is 0 Å². The summed E-state index contributed by atoms with van der Waals surface area (Å²) in [5.74, 6) is 0.660. The van der Waals surface area contributed by atoms with E-state index in [1.807, 2.05) is 26.2 Å². The van der Waals surface area contributed by atoms with E-state index in [0.29, 0.717) is 25.7 Å². The zero-order valence-electron chi connectivity index (χ0n) is 18.9. The molecule has 2 aromatic rings. The summed E-state index contributed by atoms with van der Waals surface area (Å²) >= 11 is 0. The van der Waals surface area contributed by atoms with Gasteiger partial charge >= 0.3 is 0 Å². The smallest absolute Gasteiger partial charge is 0.191 e. The maximum absolute atomic E-state index is 10.8. The quantitative estimate of drug-likeness (QED) is 0.278. The van der Waals surface area contributed by atoms with Crippen molar-refractivity contribution < 1.29 is 9.84 Å². The fourth-order valence-electron chi connectivity index (χ4n) is 2.69. The fourth-order valence-corrected chi connectivity index (χ4v) is 2.69. The molecule has 0 aliphatic carbocycles. The van der Waals surface area contributed by atoms with Crippen molar-refractivity contribution >= 4 is 29.9 Å². The third-order valence-electron chi connectivity index (χ3n) is 4.35. The zero-order chi connectivity index (χ0) is 21.5. The number of hydrogen-bond donors (Lipinski definition) is 3. The summed E-state index contributed by atoms with van der Waals surface area (Å²) in [6, 6.07) is 8.26. The van der Waals surface area contributed by atoms with Gasteiger partial charge < -0.3 is 20.5 Å². The second kappa shape index (κ2) is 11.7. The third kappa shape index (κ3) is 9.01. The molecule has 1 unspecified atom stereocenters. The zero-order valence-corrected chi connectivity index (χ0v) is 21.2. The minimum Gasteiger partial charge on any atom is -0.383 e. The highest BCUT2D eigenvalue weighted by molar-refractivity contribution is 14.0. The first-order valence-electron chi connectivity index (χ1n) is 10.0. The van der Waals surface area contributed by atoms with Crippen LogP contribution in [0.4, 0.5) is 0 Å². The third-order valence-corrected chi connectivity index (χ3v) is 4.35. The molecule has 0 spiro atoms. The van der Waals surface area contributed by atoms with Crippen LogP contribution in [0.5, 0.6) is 0 Å². The monoisotopic (exact) mass is 529 g/mol. The number of aromatic nitrogens is 2. The number of halogens is 1. The molecule has 0 saturated heterocycles. The second-order valence-electron chi connectivity index (χ2n) is 8.45. The molecule has 1 aromatic heterocycles. The van der Waals surface area contributed by atoms with Crippen LogP contribution >= 0.6 is 24.0 Å². The summed E-state index contributed by atoms with van der Waals surface area (Å²) in [6.07, 6.45) is 3.49. The predicted molar refractivity (Wildman–Crippen MR) is 132 cm³/mol. The highest BCUT2D eigenvalue weighted by Crippen LogP contribution is 2.18. The average Bonchev–Trinajstić information content (AvgIpc) is 3.09. The van der Waals surface area contributed by atoms with E-state index in [9.17, 15) is 5.11 Å². The Morgan fingerprint density at radius 2 is 1.90 bits per heavy atom. The van der Waals surface area contributed by atoms with E-state index < -0.39 is 5.60 Å². The van der Waals surface area contributed by atoms with Crippen LogP contribution in [-0.4, -0.2) is 39.5 Å². The van der Waals surface area contributed by atoms with Crippen molar-refractivity contribution in [2.45, 2.75) is 59.0 Å². The molecule has 2 rings (SSSR count). The largest absolute Gasteiger partial charge is 0.383 e. The van der Waals surface area contributed by atoms with Crippen LogP contribution < -0.4 is 10.6 Å². The lowest BCUT2D eigenvalue weighted by atomic mass is 10.00. The Kier molecular flexibility index (Phi) is 10.3. The number of aliphatic imine (C=N–C) groups is 1. The van der Waals surface area contributed by atoms with Crippen LogP contribution in [0.2, 0.25) is 0 Å². The number of benzene rings is 1. The predicted octanol–water partition coefficient (Wildman–Crippen LogP) is 3.32. The van der Waals surface area contributed by atoms with E-state index in [1.54, 1.807) is 17.8 Å². The molecule has 30 heavy (non-hydrogen) atoms. The van der Waals surface area contributed by atoms with E-state index in [2.05, 4.69) is 59.7 Å². The van der Waals surface area contributed by atoms with Gasteiger partial charge in [-0.3, -0.25) is 4.68 Å². The Labute approximate surface area is 197 Å². The van der Waals surface area contributed by atoms with Crippen LogP contribution in [0.15, 0.2) is 41.7 Å². The van der Waals surface area contributed by atoms with Crippen LogP contribution in [-0.2, 0) is 30.5 Å². The average molecular weight is 529 g/mol. The normalized spacial score (nSPS) is 14.0. The number of hydrogen-bond acceptors (Lipinski definition) is 4. The fraction of sp³-hybridized carbons (Fsp3) is 0.545. The van der Waals surface area contributed by atoms with Crippen molar-refractivity contribution in [3.8, 4) is 0 Å². The van der Waals surface area contributed by atoms with Gasteiger partial charge in [0.05, 0.1) is 31.5 Å². The molecule has 168 valence electrons. The first-order chi connectivity index (χ1) is 13.6. The number of ether oxygens (including phenoxy) is 1. The maximum Gasteiger partial charge on any atom is 0.191 e. The lowest BCUT2D eigenvalue weighted by molar-refractivity contribution is -0.0149. The van der Waals surface area contributed by atoms with Gasteiger partial charge in [-0.25, -0.2) is 4.99 Å². The molecule has 0 aliphatic heterocycles. The lowest BCUT2D eigenvalue weighted by Gasteiger charge is -2.23. The maximum atomic E-state index is 10.8. The Morgan fingerprint density at radius 3 is 2.50 bits per heavy atom. The SMILES string of the molecule is CCNC(=NCc1cccc(COC(C)(C)C)c1)NCC(C)(O)c1cnn(C)c1.I. The van der Waals surface area contributed by atoms with Crippen LogP contribution in [0.25, 0.3) is 0 Å². The Balaban J connectivity index is 0.00000450. The van der Waals surface area contributed by atoms with E-state index in [-0.39, 0.29) is 29.6 Å².